The maximum absolute atomic E-state index is 12.4. The van der Waals surface area contributed by atoms with E-state index in [1.54, 1.807) is 12.1 Å². The third-order valence-corrected chi connectivity index (χ3v) is 5.52. The summed E-state index contributed by atoms with van der Waals surface area (Å²) in [4.78, 5) is 2.50. The van der Waals surface area contributed by atoms with Gasteiger partial charge < -0.3 is 10.6 Å². The Bertz CT molecular complexity index is 574. The highest BCUT2D eigenvalue weighted by molar-refractivity contribution is 7.89. The van der Waals surface area contributed by atoms with Gasteiger partial charge in [0.15, 0.2) is 0 Å². The summed E-state index contributed by atoms with van der Waals surface area (Å²) in [5.74, 6) is 0.359. The largest absolute Gasteiger partial charge is 0.370 e. The van der Waals surface area contributed by atoms with Crippen LogP contribution in [0.3, 0.4) is 0 Å². The van der Waals surface area contributed by atoms with Gasteiger partial charge in [0.05, 0.1) is 5.69 Å². The second-order valence-electron chi connectivity index (χ2n) is 5.74. The number of sulfonamides is 1. The van der Waals surface area contributed by atoms with Gasteiger partial charge in [0.1, 0.15) is 4.90 Å². The maximum atomic E-state index is 12.4. The minimum Gasteiger partial charge on any atom is -0.370 e. The number of hydrogen-bond donors (Lipinski definition) is 2. The molecule has 0 spiro atoms. The molecule has 0 aromatic heterocycles. The van der Waals surface area contributed by atoms with Crippen molar-refractivity contribution in [3.63, 3.8) is 0 Å². The van der Waals surface area contributed by atoms with Crippen LogP contribution in [0.4, 0.5) is 5.69 Å². The lowest BCUT2D eigenvalue weighted by Crippen LogP contribution is -2.46. The molecule has 0 aliphatic carbocycles. The standard InChI is InChI=1S/C15H25N3O2S/c1-3-9-17-21(19,20)15-7-5-4-6-14(15)18-10-8-13(16)12(2)11-18/h4-7,12-13,17H,3,8-11,16H2,1-2H3. The van der Waals surface area contributed by atoms with Crippen LogP contribution in [0.1, 0.15) is 26.7 Å². The molecule has 2 unspecified atom stereocenters. The Morgan fingerprint density at radius 3 is 2.76 bits per heavy atom. The van der Waals surface area contributed by atoms with E-state index in [0.29, 0.717) is 17.4 Å². The predicted molar refractivity (Wildman–Crippen MR) is 85.9 cm³/mol. The average molecular weight is 311 g/mol. The molecule has 3 N–H and O–H groups in total. The average Bonchev–Trinajstić information content (AvgIpc) is 2.48. The van der Waals surface area contributed by atoms with Crippen molar-refractivity contribution in [2.24, 2.45) is 11.7 Å². The molecule has 0 radical (unpaired) electrons. The Morgan fingerprint density at radius 2 is 2.10 bits per heavy atom. The van der Waals surface area contributed by atoms with Crippen LogP contribution in [0.5, 0.6) is 0 Å². The Morgan fingerprint density at radius 1 is 1.38 bits per heavy atom. The minimum atomic E-state index is -3.46. The first kappa shape index (κ1) is 16.3. The summed E-state index contributed by atoms with van der Waals surface area (Å²) in [6.45, 7) is 6.11. The van der Waals surface area contributed by atoms with Crippen LogP contribution in [0, 0.1) is 5.92 Å². The molecule has 6 heteroatoms. The van der Waals surface area contributed by atoms with E-state index in [1.807, 2.05) is 19.1 Å². The van der Waals surface area contributed by atoms with E-state index in [2.05, 4.69) is 16.5 Å². The quantitative estimate of drug-likeness (QED) is 0.865. The number of rotatable bonds is 5. The smallest absolute Gasteiger partial charge is 0.242 e. The van der Waals surface area contributed by atoms with Crippen molar-refractivity contribution in [3.05, 3.63) is 24.3 Å². The number of anilines is 1. The molecule has 1 saturated heterocycles. The summed E-state index contributed by atoms with van der Waals surface area (Å²) in [5, 5.41) is 0. The van der Waals surface area contributed by atoms with Crippen molar-refractivity contribution >= 4 is 15.7 Å². The molecular weight excluding hydrogens is 286 g/mol. The first-order chi connectivity index (χ1) is 9.95. The molecule has 1 aliphatic heterocycles. The first-order valence-electron chi connectivity index (χ1n) is 7.55. The van der Waals surface area contributed by atoms with Gasteiger partial charge in [-0.2, -0.15) is 0 Å². The number of nitrogens with two attached hydrogens (primary N) is 1. The zero-order valence-corrected chi connectivity index (χ0v) is 13.6. The summed E-state index contributed by atoms with van der Waals surface area (Å²) >= 11 is 0. The molecule has 1 aromatic rings. The van der Waals surface area contributed by atoms with E-state index in [-0.39, 0.29) is 6.04 Å². The number of nitrogens with zero attached hydrogens (tertiary/aromatic N) is 1. The lowest BCUT2D eigenvalue weighted by Gasteiger charge is -2.37. The van der Waals surface area contributed by atoms with Gasteiger partial charge in [-0.1, -0.05) is 26.0 Å². The molecule has 2 atom stereocenters. The van der Waals surface area contributed by atoms with E-state index in [9.17, 15) is 8.42 Å². The highest BCUT2D eigenvalue weighted by Gasteiger charge is 2.27. The highest BCUT2D eigenvalue weighted by Crippen LogP contribution is 2.28. The monoisotopic (exact) mass is 311 g/mol. The molecule has 1 aliphatic rings. The van der Waals surface area contributed by atoms with Crippen molar-refractivity contribution in [1.82, 2.24) is 4.72 Å². The van der Waals surface area contributed by atoms with Gasteiger partial charge in [-0.3, -0.25) is 0 Å². The summed E-state index contributed by atoms with van der Waals surface area (Å²) in [5.41, 5.74) is 6.83. The molecule has 0 saturated carbocycles. The predicted octanol–water partition coefficient (Wildman–Crippen LogP) is 1.55. The third-order valence-electron chi connectivity index (χ3n) is 4.01. The van der Waals surface area contributed by atoms with Gasteiger partial charge >= 0.3 is 0 Å². The molecule has 1 aromatic carbocycles. The summed E-state index contributed by atoms with van der Waals surface area (Å²) in [6.07, 6.45) is 1.66. The molecule has 118 valence electrons. The fourth-order valence-electron chi connectivity index (χ4n) is 2.64. The molecule has 1 heterocycles. The van der Waals surface area contributed by atoms with Crippen LogP contribution < -0.4 is 15.4 Å². The molecule has 1 fully saturated rings. The minimum absolute atomic E-state index is 0.197. The van der Waals surface area contributed by atoms with Crippen LogP contribution in [0.25, 0.3) is 0 Å². The van der Waals surface area contributed by atoms with E-state index in [1.165, 1.54) is 0 Å². The van der Waals surface area contributed by atoms with E-state index in [4.69, 9.17) is 5.73 Å². The van der Waals surface area contributed by atoms with E-state index in [0.717, 1.165) is 31.6 Å². The maximum Gasteiger partial charge on any atom is 0.242 e. The fraction of sp³-hybridized carbons (Fsp3) is 0.600. The van der Waals surface area contributed by atoms with Crippen molar-refractivity contribution in [1.29, 1.82) is 0 Å². The van der Waals surface area contributed by atoms with Crippen molar-refractivity contribution < 1.29 is 8.42 Å². The van der Waals surface area contributed by atoms with Crippen LogP contribution in [0.2, 0.25) is 0 Å². The zero-order chi connectivity index (χ0) is 15.5. The third kappa shape index (κ3) is 3.75. The van der Waals surface area contributed by atoms with Gasteiger partial charge in [0, 0.05) is 25.7 Å². The lowest BCUT2D eigenvalue weighted by atomic mass is 9.94. The van der Waals surface area contributed by atoms with Gasteiger partial charge in [-0.15, -0.1) is 0 Å². The molecule has 2 rings (SSSR count). The summed E-state index contributed by atoms with van der Waals surface area (Å²) in [7, 11) is -3.46. The SMILES string of the molecule is CCCNS(=O)(=O)c1ccccc1N1CCC(N)C(C)C1. The van der Waals surface area contributed by atoms with Crippen LogP contribution >= 0.6 is 0 Å². The van der Waals surface area contributed by atoms with Crippen molar-refractivity contribution in [2.75, 3.05) is 24.5 Å². The lowest BCUT2D eigenvalue weighted by molar-refractivity contribution is 0.382. The van der Waals surface area contributed by atoms with Gasteiger partial charge in [-0.25, -0.2) is 13.1 Å². The number of nitrogens with one attached hydrogen (secondary N) is 1. The Kier molecular flexibility index (Phi) is 5.24. The van der Waals surface area contributed by atoms with Crippen LogP contribution in [0.15, 0.2) is 29.2 Å². The highest BCUT2D eigenvalue weighted by atomic mass is 32.2. The molecule has 0 bridgehead atoms. The summed E-state index contributed by atoms with van der Waals surface area (Å²) in [6, 6.07) is 7.40. The van der Waals surface area contributed by atoms with Crippen LogP contribution in [-0.4, -0.2) is 34.1 Å². The van der Waals surface area contributed by atoms with Gasteiger partial charge in [-0.05, 0) is 30.9 Å². The van der Waals surface area contributed by atoms with E-state index >= 15 is 0 Å². The van der Waals surface area contributed by atoms with Crippen LogP contribution in [-0.2, 0) is 10.0 Å². The van der Waals surface area contributed by atoms with E-state index < -0.39 is 10.0 Å². The fourth-order valence-corrected chi connectivity index (χ4v) is 4.00. The van der Waals surface area contributed by atoms with Gasteiger partial charge in [0.25, 0.3) is 0 Å². The Hall–Kier alpha value is -1.11. The normalized spacial score (nSPS) is 23.3. The second-order valence-corrected chi connectivity index (χ2v) is 7.48. The Balaban J connectivity index is 2.29. The molecule has 0 amide bonds. The summed E-state index contributed by atoms with van der Waals surface area (Å²) < 4.78 is 27.5. The number of piperidine rings is 1. The number of para-hydroxylation sites is 1. The van der Waals surface area contributed by atoms with Crippen molar-refractivity contribution in [2.45, 2.75) is 37.6 Å². The van der Waals surface area contributed by atoms with Crippen molar-refractivity contribution in [3.8, 4) is 0 Å². The first-order valence-corrected chi connectivity index (χ1v) is 9.03. The number of hydrogen-bond acceptors (Lipinski definition) is 4. The Labute approximate surface area is 127 Å². The molecule has 21 heavy (non-hydrogen) atoms. The number of benzene rings is 1. The molecule has 5 nitrogen and oxygen atoms in total. The zero-order valence-electron chi connectivity index (χ0n) is 12.7. The second kappa shape index (κ2) is 6.77. The molecular formula is C15H25N3O2S. The van der Waals surface area contributed by atoms with Gasteiger partial charge in [0.2, 0.25) is 10.0 Å². The topological polar surface area (TPSA) is 75.4 Å².